The van der Waals surface area contributed by atoms with Crippen LogP contribution in [0, 0.1) is 17.8 Å². The summed E-state index contributed by atoms with van der Waals surface area (Å²) in [6.45, 7) is 0.756. The highest BCUT2D eigenvalue weighted by Crippen LogP contribution is 2.32. The van der Waals surface area contributed by atoms with Crippen LogP contribution in [0.25, 0.3) is 0 Å². The van der Waals surface area contributed by atoms with Crippen LogP contribution in [0.4, 0.5) is 0 Å². The van der Waals surface area contributed by atoms with Crippen LogP contribution in [0.3, 0.4) is 0 Å². The van der Waals surface area contributed by atoms with E-state index in [-0.39, 0.29) is 0 Å². The minimum Gasteiger partial charge on any atom is -0.497 e. The van der Waals surface area contributed by atoms with E-state index in [0.717, 1.165) is 36.0 Å². The Balaban J connectivity index is 2.05. The zero-order valence-electron chi connectivity index (χ0n) is 10.5. The van der Waals surface area contributed by atoms with Gasteiger partial charge in [0.25, 0.3) is 0 Å². The molecular formula is C15H17ClO2. The Morgan fingerprint density at radius 1 is 1.39 bits per heavy atom. The van der Waals surface area contributed by atoms with Crippen molar-refractivity contribution in [3.05, 3.63) is 23.8 Å². The van der Waals surface area contributed by atoms with Crippen LogP contribution in [-0.2, 0) is 0 Å². The number of benzene rings is 1. The molecule has 1 aromatic rings. The first kappa shape index (κ1) is 13.1. The molecule has 0 radical (unpaired) electrons. The van der Waals surface area contributed by atoms with Gasteiger partial charge in [-0.05, 0) is 30.5 Å². The zero-order valence-corrected chi connectivity index (χ0v) is 11.3. The van der Waals surface area contributed by atoms with Gasteiger partial charge in [-0.15, -0.1) is 11.6 Å². The summed E-state index contributed by atoms with van der Waals surface area (Å²) in [5, 5.41) is 0. The Hall–Kier alpha value is -1.33. The van der Waals surface area contributed by atoms with E-state index in [9.17, 15) is 0 Å². The predicted octanol–water partition coefficient (Wildman–Crippen LogP) is 3.46. The van der Waals surface area contributed by atoms with Gasteiger partial charge in [0.05, 0.1) is 25.2 Å². The highest BCUT2D eigenvalue weighted by Gasteiger charge is 2.20. The van der Waals surface area contributed by atoms with Crippen LogP contribution in [0.5, 0.6) is 11.5 Å². The van der Waals surface area contributed by atoms with Crippen molar-refractivity contribution < 1.29 is 9.47 Å². The average Bonchev–Trinajstić information content (AvgIpc) is 3.21. The first-order valence-electron chi connectivity index (χ1n) is 6.19. The van der Waals surface area contributed by atoms with Crippen molar-refractivity contribution in [2.45, 2.75) is 19.3 Å². The van der Waals surface area contributed by atoms with Crippen molar-refractivity contribution in [2.24, 2.45) is 5.92 Å². The summed E-state index contributed by atoms with van der Waals surface area (Å²) in [5.41, 5.74) is 0.839. The lowest BCUT2D eigenvalue weighted by Crippen LogP contribution is -2.00. The fourth-order valence-electron chi connectivity index (χ4n) is 1.73. The summed E-state index contributed by atoms with van der Waals surface area (Å²) in [6, 6.07) is 5.67. The molecule has 0 saturated heterocycles. The van der Waals surface area contributed by atoms with Gasteiger partial charge in [-0.2, -0.15) is 0 Å². The summed E-state index contributed by atoms with van der Waals surface area (Å²) in [5.74, 6) is 8.64. The topological polar surface area (TPSA) is 18.5 Å². The summed E-state index contributed by atoms with van der Waals surface area (Å²) in [6.07, 6.45) is 3.84. The van der Waals surface area contributed by atoms with E-state index >= 15 is 0 Å². The SMILES string of the molecule is COc1ccc(OCCC2CC2)c(C#CCCl)c1. The second-order valence-corrected chi connectivity index (χ2v) is 4.65. The molecule has 1 aliphatic rings. The van der Waals surface area contributed by atoms with Crippen molar-refractivity contribution in [3.8, 4) is 23.3 Å². The average molecular weight is 265 g/mol. The van der Waals surface area contributed by atoms with E-state index < -0.39 is 0 Å². The molecule has 1 aromatic carbocycles. The number of methoxy groups -OCH3 is 1. The van der Waals surface area contributed by atoms with E-state index in [4.69, 9.17) is 21.1 Å². The molecule has 0 heterocycles. The van der Waals surface area contributed by atoms with Gasteiger partial charge < -0.3 is 9.47 Å². The van der Waals surface area contributed by atoms with Gasteiger partial charge in [-0.3, -0.25) is 0 Å². The van der Waals surface area contributed by atoms with Crippen molar-refractivity contribution in [3.63, 3.8) is 0 Å². The molecule has 0 spiro atoms. The maximum Gasteiger partial charge on any atom is 0.135 e. The number of rotatable bonds is 5. The standard InChI is InChI=1S/C15H17ClO2/c1-17-14-6-7-15(13(11-14)3-2-9-16)18-10-8-12-4-5-12/h6-7,11-12H,4-5,8-10H2,1H3. The summed E-state index contributed by atoms with van der Waals surface area (Å²) < 4.78 is 11.0. The molecule has 96 valence electrons. The van der Waals surface area contributed by atoms with Gasteiger partial charge in [0.15, 0.2) is 0 Å². The first-order chi connectivity index (χ1) is 8.83. The number of halogens is 1. The fourth-order valence-corrected chi connectivity index (χ4v) is 1.80. The third kappa shape index (κ3) is 3.85. The van der Waals surface area contributed by atoms with Crippen LogP contribution >= 0.6 is 11.6 Å². The number of alkyl halides is 1. The van der Waals surface area contributed by atoms with Crippen LogP contribution in [0.1, 0.15) is 24.8 Å². The zero-order chi connectivity index (χ0) is 12.8. The van der Waals surface area contributed by atoms with E-state index in [0.29, 0.717) is 5.88 Å². The van der Waals surface area contributed by atoms with Crippen molar-refractivity contribution in [1.82, 2.24) is 0 Å². The molecule has 1 aliphatic carbocycles. The molecule has 0 bridgehead atoms. The highest BCUT2D eigenvalue weighted by molar-refractivity contribution is 6.19. The van der Waals surface area contributed by atoms with E-state index in [2.05, 4.69) is 11.8 Å². The largest absolute Gasteiger partial charge is 0.497 e. The van der Waals surface area contributed by atoms with Crippen molar-refractivity contribution in [2.75, 3.05) is 19.6 Å². The Labute approximate surface area is 113 Å². The van der Waals surface area contributed by atoms with Crippen molar-refractivity contribution in [1.29, 1.82) is 0 Å². The lowest BCUT2D eigenvalue weighted by atomic mass is 10.2. The molecule has 0 unspecified atom stereocenters. The molecule has 0 aliphatic heterocycles. The maximum atomic E-state index is 5.78. The van der Waals surface area contributed by atoms with Gasteiger partial charge in [0, 0.05) is 0 Å². The number of hydrogen-bond donors (Lipinski definition) is 0. The lowest BCUT2D eigenvalue weighted by molar-refractivity contribution is 0.301. The first-order valence-corrected chi connectivity index (χ1v) is 6.72. The monoisotopic (exact) mass is 264 g/mol. The van der Waals surface area contributed by atoms with Crippen molar-refractivity contribution >= 4 is 11.6 Å². The third-order valence-corrected chi connectivity index (χ3v) is 3.09. The van der Waals surface area contributed by atoms with Crippen LogP contribution in [0.15, 0.2) is 18.2 Å². The molecule has 18 heavy (non-hydrogen) atoms. The summed E-state index contributed by atoms with van der Waals surface area (Å²) >= 11 is 5.59. The smallest absolute Gasteiger partial charge is 0.135 e. The Morgan fingerprint density at radius 3 is 2.89 bits per heavy atom. The summed E-state index contributed by atoms with van der Waals surface area (Å²) in [4.78, 5) is 0. The molecule has 0 N–H and O–H groups in total. The molecule has 0 atom stereocenters. The van der Waals surface area contributed by atoms with Gasteiger partial charge in [-0.1, -0.05) is 24.7 Å². The van der Waals surface area contributed by atoms with Crippen LogP contribution < -0.4 is 9.47 Å². The van der Waals surface area contributed by atoms with Crippen LogP contribution in [0.2, 0.25) is 0 Å². The Morgan fingerprint density at radius 2 is 2.22 bits per heavy atom. The van der Waals surface area contributed by atoms with Gasteiger partial charge in [-0.25, -0.2) is 0 Å². The molecule has 2 rings (SSSR count). The molecular weight excluding hydrogens is 248 g/mol. The van der Waals surface area contributed by atoms with Crippen LogP contribution in [-0.4, -0.2) is 19.6 Å². The van der Waals surface area contributed by atoms with Gasteiger partial charge in [0.1, 0.15) is 11.5 Å². The van der Waals surface area contributed by atoms with Gasteiger partial charge >= 0.3 is 0 Å². The summed E-state index contributed by atoms with van der Waals surface area (Å²) in [7, 11) is 1.64. The Bertz CT molecular complexity index is 455. The molecule has 1 saturated carbocycles. The fraction of sp³-hybridized carbons (Fsp3) is 0.467. The molecule has 0 amide bonds. The minimum atomic E-state index is 0.318. The Kier molecular flexibility index (Phi) is 4.78. The molecule has 1 fully saturated rings. The quantitative estimate of drug-likeness (QED) is 0.599. The van der Waals surface area contributed by atoms with E-state index in [1.165, 1.54) is 12.8 Å². The molecule has 0 aromatic heterocycles. The second-order valence-electron chi connectivity index (χ2n) is 4.38. The maximum absolute atomic E-state index is 5.78. The lowest BCUT2D eigenvalue weighted by Gasteiger charge is -2.09. The molecule has 2 nitrogen and oxygen atoms in total. The second kappa shape index (κ2) is 6.56. The number of ether oxygens (including phenoxy) is 2. The predicted molar refractivity (Wildman–Crippen MR) is 73.4 cm³/mol. The third-order valence-electron chi connectivity index (χ3n) is 2.96. The highest BCUT2D eigenvalue weighted by atomic mass is 35.5. The van der Waals surface area contributed by atoms with Gasteiger partial charge in [0.2, 0.25) is 0 Å². The van der Waals surface area contributed by atoms with E-state index in [1.807, 2.05) is 18.2 Å². The minimum absolute atomic E-state index is 0.318. The normalized spacial score (nSPS) is 13.7. The number of hydrogen-bond acceptors (Lipinski definition) is 2. The molecule has 3 heteroatoms. The van der Waals surface area contributed by atoms with E-state index in [1.54, 1.807) is 7.11 Å².